The van der Waals surface area contributed by atoms with Crippen LogP contribution in [0.15, 0.2) is 126 Å². The summed E-state index contributed by atoms with van der Waals surface area (Å²) >= 11 is 0. The quantitative estimate of drug-likeness (QED) is 0.167. The summed E-state index contributed by atoms with van der Waals surface area (Å²) in [5.74, 6) is 0. The minimum atomic E-state index is 0.114. The Hall–Kier alpha value is -5.67. The third-order valence-electron chi connectivity index (χ3n) is 10.7. The molecule has 0 spiro atoms. The van der Waals surface area contributed by atoms with E-state index >= 15 is 0 Å². The van der Waals surface area contributed by atoms with Crippen LogP contribution in [-0.2, 0) is 0 Å². The maximum atomic E-state index is 4.92. The number of nitrogens with zero attached hydrogens (tertiary/aromatic N) is 3. The second kappa shape index (κ2) is 12.9. The van der Waals surface area contributed by atoms with Crippen molar-refractivity contribution < 1.29 is 0 Å². The number of fused-ring (bicyclic) bond motifs is 9. The maximum Gasteiger partial charge on any atom is 0.0748 e. The van der Waals surface area contributed by atoms with Crippen LogP contribution in [0.1, 0.15) is 62.5 Å². The summed E-state index contributed by atoms with van der Waals surface area (Å²) in [4.78, 5) is 4.92. The summed E-state index contributed by atoms with van der Waals surface area (Å²) in [5, 5.41) is 11.4. The van der Waals surface area contributed by atoms with Gasteiger partial charge in [0.1, 0.15) is 0 Å². The second-order valence-electron chi connectivity index (χ2n) is 13.5. The fourth-order valence-corrected chi connectivity index (χ4v) is 8.58. The Kier molecular flexibility index (Phi) is 8.23. The van der Waals surface area contributed by atoms with Gasteiger partial charge in [-0.25, -0.2) is 0 Å². The van der Waals surface area contributed by atoms with E-state index in [0.717, 1.165) is 6.42 Å². The molecule has 3 heterocycles. The van der Waals surface area contributed by atoms with Crippen LogP contribution in [-0.4, -0.2) is 15.2 Å². The molecule has 3 nitrogen and oxygen atoms in total. The molecule has 9 rings (SSSR count). The minimum absolute atomic E-state index is 0.114. The van der Waals surface area contributed by atoms with E-state index in [4.69, 9.17) is 4.99 Å². The molecule has 3 aromatic heterocycles. The molecule has 51 heavy (non-hydrogen) atoms. The molecule has 3 heteroatoms. The van der Waals surface area contributed by atoms with Crippen molar-refractivity contribution in [1.82, 2.24) is 8.97 Å². The van der Waals surface area contributed by atoms with E-state index in [1.54, 1.807) is 0 Å². The summed E-state index contributed by atoms with van der Waals surface area (Å²) in [6, 6.07) is 45.3. The molecular formula is C48H45N3. The fourth-order valence-electron chi connectivity index (χ4n) is 8.58. The van der Waals surface area contributed by atoms with E-state index in [2.05, 4.69) is 158 Å². The number of aromatic nitrogens is 2. The lowest BCUT2D eigenvalue weighted by molar-refractivity contribution is 0.709. The van der Waals surface area contributed by atoms with E-state index in [0.29, 0.717) is 0 Å². The first-order valence-corrected chi connectivity index (χ1v) is 18.5. The van der Waals surface area contributed by atoms with Crippen molar-refractivity contribution in [3.63, 3.8) is 0 Å². The molecule has 1 unspecified atom stereocenters. The molecule has 0 radical (unpaired) electrons. The molecule has 252 valence electrons. The van der Waals surface area contributed by atoms with Crippen molar-refractivity contribution in [3.8, 4) is 5.69 Å². The zero-order chi connectivity index (χ0) is 35.4. The number of aryl methyl sites for hydroxylation is 3. The van der Waals surface area contributed by atoms with E-state index in [1.165, 1.54) is 98.6 Å². The molecule has 0 N–H and O–H groups in total. The molecule has 0 aliphatic rings. The molecule has 0 saturated carbocycles. The molecular weight excluding hydrogens is 619 g/mol. The highest BCUT2D eigenvalue weighted by Crippen LogP contribution is 2.43. The highest BCUT2D eigenvalue weighted by molar-refractivity contribution is 6.25. The molecule has 9 aromatic rings. The van der Waals surface area contributed by atoms with Gasteiger partial charge in [0.05, 0.1) is 33.8 Å². The van der Waals surface area contributed by atoms with Gasteiger partial charge in [-0.3, -0.25) is 4.99 Å². The Morgan fingerprint density at radius 1 is 0.588 bits per heavy atom. The van der Waals surface area contributed by atoms with E-state index in [9.17, 15) is 0 Å². The van der Waals surface area contributed by atoms with Gasteiger partial charge in [-0.1, -0.05) is 106 Å². The third kappa shape index (κ3) is 4.90. The number of aliphatic imine (C=N–C) groups is 1. The number of para-hydroxylation sites is 2. The largest absolute Gasteiger partial charge is 0.313 e. The van der Waals surface area contributed by atoms with Crippen molar-refractivity contribution >= 4 is 76.8 Å². The SMILES string of the molecule is CC.CC=NC(CC)c1ccc(-n2c(C)c3c4cc5ccccc5cc4n4c5ccccc5c(cc(C)c5ccccc52)c34)c2cccc(C)c12. The normalized spacial score (nSPS) is 12.5. The van der Waals surface area contributed by atoms with Crippen LogP contribution >= 0.6 is 0 Å². The maximum absolute atomic E-state index is 4.92. The highest BCUT2D eigenvalue weighted by atomic mass is 15.0. The first-order chi connectivity index (χ1) is 25.0. The number of benzene rings is 6. The Morgan fingerprint density at radius 3 is 2.00 bits per heavy atom. The van der Waals surface area contributed by atoms with Crippen molar-refractivity contribution in [2.24, 2.45) is 4.99 Å². The van der Waals surface area contributed by atoms with Crippen LogP contribution < -0.4 is 0 Å². The zero-order valence-corrected chi connectivity index (χ0v) is 30.8. The zero-order valence-electron chi connectivity index (χ0n) is 30.8. The smallest absolute Gasteiger partial charge is 0.0748 e. The molecule has 0 aliphatic carbocycles. The minimum Gasteiger partial charge on any atom is -0.313 e. The van der Waals surface area contributed by atoms with E-state index < -0.39 is 0 Å². The lowest BCUT2D eigenvalue weighted by atomic mass is 9.93. The lowest BCUT2D eigenvalue weighted by Crippen LogP contribution is -2.04. The fraction of sp³-hybridized carbons (Fsp3) is 0.188. The predicted octanol–water partition coefficient (Wildman–Crippen LogP) is 13.7. The number of hydrogen-bond donors (Lipinski definition) is 0. The van der Waals surface area contributed by atoms with Crippen LogP contribution in [0.4, 0.5) is 0 Å². The predicted molar refractivity (Wildman–Crippen MR) is 223 cm³/mol. The molecule has 1 atom stereocenters. The Morgan fingerprint density at radius 2 is 1.25 bits per heavy atom. The standard InChI is InChI=1S/C46H39N3.C2H6/c1-6-39(47-7-2)35-23-24-42(36-20-14-15-28(3)44(35)36)48-30(5)45-38-26-31-16-8-9-17-32(31)27-43(38)49-41-22-13-11-19-34(41)37(46(45)49)25-29(4)33-18-10-12-21-40(33)48;1-2/h7-27,39H,6H2,1-5H3;1-2H3. The monoisotopic (exact) mass is 663 g/mol. The first kappa shape index (κ1) is 32.5. The third-order valence-corrected chi connectivity index (χ3v) is 10.7. The van der Waals surface area contributed by atoms with Gasteiger partial charge in [0.2, 0.25) is 0 Å². The molecule has 0 saturated heterocycles. The second-order valence-corrected chi connectivity index (χ2v) is 13.5. The summed E-state index contributed by atoms with van der Waals surface area (Å²) in [6.45, 7) is 15.1. The molecule has 0 amide bonds. The molecule has 6 aromatic carbocycles. The summed E-state index contributed by atoms with van der Waals surface area (Å²) in [5.41, 5.74) is 11.1. The highest BCUT2D eigenvalue weighted by Gasteiger charge is 2.22. The Labute approximate surface area is 300 Å². The van der Waals surface area contributed by atoms with Crippen LogP contribution in [0.5, 0.6) is 0 Å². The average Bonchev–Trinajstić information content (AvgIpc) is 3.66. The van der Waals surface area contributed by atoms with Gasteiger partial charge in [-0.05, 0) is 110 Å². The van der Waals surface area contributed by atoms with Crippen molar-refractivity contribution in [1.29, 1.82) is 0 Å². The Balaban J connectivity index is 0.00000184. The van der Waals surface area contributed by atoms with Gasteiger partial charge in [0.15, 0.2) is 0 Å². The van der Waals surface area contributed by atoms with Crippen LogP contribution in [0, 0.1) is 20.8 Å². The van der Waals surface area contributed by atoms with Gasteiger partial charge in [-0.15, -0.1) is 0 Å². The van der Waals surface area contributed by atoms with Gasteiger partial charge in [0, 0.05) is 38.0 Å². The summed E-state index contributed by atoms with van der Waals surface area (Å²) in [6.07, 6.45) is 2.90. The lowest BCUT2D eigenvalue weighted by Gasteiger charge is -2.21. The first-order valence-electron chi connectivity index (χ1n) is 18.5. The van der Waals surface area contributed by atoms with Gasteiger partial charge < -0.3 is 8.97 Å². The van der Waals surface area contributed by atoms with Crippen LogP contribution in [0.2, 0.25) is 0 Å². The average molecular weight is 664 g/mol. The molecule has 0 bridgehead atoms. The van der Waals surface area contributed by atoms with Crippen LogP contribution in [0.3, 0.4) is 0 Å². The van der Waals surface area contributed by atoms with Crippen molar-refractivity contribution in [3.05, 3.63) is 144 Å². The Bertz CT molecular complexity index is 2860. The molecule has 0 fully saturated rings. The van der Waals surface area contributed by atoms with Crippen molar-refractivity contribution in [2.45, 2.75) is 60.9 Å². The summed E-state index contributed by atoms with van der Waals surface area (Å²) in [7, 11) is 0. The van der Waals surface area contributed by atoms with Gasteiger partial charge in [-0.2, -0.15) is 0 Å². The van der Waals surface area contributed by atoms with Gasteiger partial charge in [0.25, 0.3) is 0 Å². The summed E-state index contributed by atoms with van der Waals surface area (Å²) < 4.78 is 5.06. The molecule has 0 aliphatic heterocycles. The van der Waals surface area contributed by atoms with E-state index in [1.807, 2.05) is 27.0 Å². The van der Waals surface area contributed by atoms with Crippen LogP contribution in [0.25, 0.3) is 76.2 Å². The number of hydrogen-bond acceptors (Lipinski definition) is 1. The number of rotatable bonds is 4. The van der Waals surface area contributed by atoms with Gasteiger partial charge >= 0.3 is 0 Å². The van der Waals surface area contributed by atoms with E-state index in [-0.39, 0.29) is 6.04 Å². The van der Waals surface area contributed by atoms with Crippen molar-refractivity contribution in [2.75, 3.05) is 0 Å². The topological polar surface area (TPSA) is 21.7 Å².